The number of phosphoric acid groups is 2. The Morgan fingerprint density at radius 3 is 0.674 bits per heavy atom. The monoisotopic (exact) mass is 1350 g/mol. The quantitative estimate of drug-likeness (QED) is 0.0222. The molecule has 0 spiro atoms. The van der Waals surface area contributed by atoms with Crippen LogP contribution in [0.5, 0.6) is 0 Å². The molecule has 19 heteroatoms. The molecular weight excluding hydrogens is 1210 g/mol. The molecule has 0 aromatic rings. The summed E-state index contributed by atoms with van der Waals surface area (Å²) in [5, 5.41) is 10.6. The van der Waals surface area contributed by atoms with Crippen LogP contribution >= 0.6 is 15.6 Å². The summed E-state index contributed by atoms with van der Waals surface area (Å²) in [5.41, 5.74) is 0. The lowest BCUT2D eigenvalue weighted by atomic mass is 10.0. The topological polar surface area (TPSA) is 237 Å². The summed E-state index contributed by atoms with van der Waals surface area (Å²) in [6, 6.07) is 0. The Morgan fingerprint density at radius 2 is 0.457 bits per heavy atom. The highest BCUT2D eigenvalue weighted by Gasteiger charge is 2.30. The number of esters is 4. The third-order valence-corrected chi connectivity index (χ3v) is 18.7. The van der Waals surface area contributed by atoms with Gasteiger partial charge in [-0.3, -0.25) is 37.3 Å². The van der Waals surface area contributed by atoms with Crippen molar-refractivity contribution in [3.63, 3.8) is 0 Å². The summed E-state index contributed by atoms with van der Waals surface area (Å²) in [6.45, 7) is 14.1. The van der Waals surface area contributed by atoms with Gasteiger partial charge in [-0.05, 0) is 49.4 Å². The molecule has 92 heavy (non-hydrogen) atoms. The van der Waals surface area contributed by atoms with E-state index in [1.807, 2.05) is 0 Å². The van der Waals surface area contributed by atoms with Crippen molar-refractivity contribution in [2.75, 3.05) is 39.6 Å². The Morgan fingerprint density at radius 1 is 0.272 bits per heavy atom. The zero-order valence-electron chi connectivity index (χ0n) is 60.2. The van der Waals surface area contributed by atoms with Gasteiger partial charge >= 0.3 is 39.5 Å². The van der Waals surface area contributed by atoms with Crippen molar-refractivity contribution < 1.29 is 80.2 Å². The number of hydrogen-bond donors (Lipinski definition) is 3. The van der Waals surface area contributed by atoms with Crippen LogP contribution in [0.3, 0.4) is 0 Å². The van der Waals surface area contributed by atoms with E-state index in [2.05, 4.69) is 55.4 Å². The van der Waals surface area contributed by atoms with Gasteiger partial charge in [0.2, 0.25) is 0 Å². The predicted molar refractivity (Wildman–Crippen MR) is 372 cm³/mol. The van der Waals surface area contributed by atoms with Crippen molar-refractivity contribution in [2.24, 2.45) is 23.7 Å². The Hall–Kier alpha value is -1.94. The number of aliphatic hydroxyl groups is 1. The van der Waals surface area contributed by atoms with E-state index in [0.29, 0.717) is 37.5 Å². The van der Waals surface area contributed by atoms with Gasteiger partial charge in [0.25, 0.3) is 0 Å². The first-order valence-corrected chi connectivity index (χ1v) is 40.7. The predicted octanol–water partition coefficient (Wildman–Crippen LogP) is 20.9. The molecule has 0 saturated carbocycles. The second kappa shape index (κ2) is 62.6. The number of aliphatic hydroxyl groups excluding tert-OH is 1. The van der Waals surface area contributed by atoms with Gasteiger partial charge in [0.1, 0.15) is 19.3 Å². The van der Waals surface area contributed by atoms with Crippen LogP contribution in [0.4, 0.5) is 0 Å². The van der Waals surface area contributed by atoms with E-state index >= 15 is 0 Å². The van der Waals surface area contributed by atoms with Crippen molar-refractivity contribution in [3.8, 4) is 0 Å². The van der Waals surface area contributed by atoms with Crippen LogP contribution in [0.1, 0.15) is 364 Å². The van der Waals surface area contributed by atoms with Crippen molar-refractivity contribution in [2.45, 2.75) is 382 Å². The Kier molecular flexibility index (Phi) is 61.3. The molecule has 0 heterocycles. The van der Waals surface area contributed by atoms with Gasteiger partial charge in [-0.1, -0.05) is 312 Å². The number of rotatable bonds is 70. The van der Waals surface area contributed by atoms with Gasteiger partial charge in [-0.15, -0.1) is 0 Å². The van der Waals surface area contributed by atoms with E-state index in [-0.39, 0.29) is 25.7 Å². The normalized spacial score (nSPS) is 14.2. The highest BCUT2D eigenvalue weighted by atomic mass is 31.2. The summed E-state index contributed by atoms with van der Waals surface area (Å²) >= 11 is 0. The highest BCUT2D eigenvalue weighted by molar-refractivity contribution is 7.47. The average molecular weight is 1350 g/mol. The standard InChI is InChI=1S/C73H142O17P2/c1-63(2)49-41-33-25-19-15-11-9-10-12-18-22-30-39-47-55-72(77)89-68(59-83-70(75)53-45-37-29-21-17-14-13-16-20-26-34-42-50-64(3)4)61-87-91(79,80)85-57-67(74)58-86-92(81,82)88-62-69(90-73(78)56-48-40-32-24-28-36-44-52-66(7)8)60-84-71(76)54-46-38-31-23-27-35-43-51-65(5)6/h63-69,74H,9-62H2,1-8H3,(H,79,80)(H,81,82)/t67?,68-,69-/m1/s1. The lowest BCUT2D eigenvalue weighted by Gasteiger charge is -2.21. The molecule has 0 rings (SSSR count). The van der Waals surface area contributed by atoms with Crippen molar-refractivity contribution in [1.29, 1.82) is 0 Å². The minimum Gasteiger partial charge on any atom is -0.462 e. The lowest BCUT2D eigenvalue weighted by molar-refractivity contribution is -0.161. The third kappa shape index (κ3) is 66.7. The van der Waals surface area contributed by atoms with Gasteiger partial charge in [-0.2, -0.15) is 0 Å². The van der Waals surface area contributed by atoms with E-state index in [4.69, 9.17) is 37.0 Å². The van der Waals surface area contributed by atoms with Crippen LogP contribution in [0.2, 0.25) is 0 Å². The van der Waals surface area contributed by atoms with Crippen LogP contribution < -0.4 is 0 Å². The summed E-state index contributed by atoms with van der Waals surface area (Å²) in [7, 11) is -9.91. The first-order chi connectivity index (χ1) is 44.1. The molecule has 0 aliphatic rings. The number of carbonyl (C=O) groups is 4. The molecule has 17 nitrogen and oxygen atoms in total. The number of carbonyl (C=O) groups excluding carboxylic acids is 4. The molecule has 3 N–H and O–H groups in total. The number of hydrogen-bond acceptors (Lipinski definition) is 15. The van der Waals surface area contributed by atoms with E-state index in [0.717, 1.165) is 108 Å². The van der Waals surface area contributed by atoms with Crippen molar-refractivity contribution in [3.05, 3.63) is 0 Å². The SMILES string of the molecule is CC(C)CCCCCCCCCCCCCCCCC(=O)O[C@H](COC(=O)CCCCCCCCCCCCCCC(C)C)COP(=O)(O)OCC(O)COP(=O)(O)OC[C@@H](COC(=O)CCCCCCCCCC(C)C)OC(=O)CCCCCCCCCC(C)C. The zero-order valence-corrected chi connectivity index (χ0v) is 62.0. The first kappa shape index (κ1) is 90.1. The van der Waals surface area contributed by atoms with Crippen molar-refractivity contribution >= 4 is 39.5 Å². The molecule has 0 aromatic carbocycles. The third-order valence-electron chi connectivity index (χ3n) is 16.8. The molecular formula is C73H142O17P2. The Labute approximate surface area is 562 Å². The fourth-order valence-electron chi connectivity index (χ4n) is 11.0. The van der Waals surface area contributed by atoms with Gasteiger partial charge in [0.15, 0.2) is 12.2 Å². The molecule has 3 unspecified atom stereocenters. The lowest BCUT2D eigenvalue weighted by Crippen LogP contribution is -2.30. The Balaban J connectivity index is 5.24. The van der Waals surface area contributed by atoms with Crippen LogP contribution in [-0.2, 0) is 65.4 Å². The average Bonchev–Trinajstić information content (AvgIpc) is 1.95. The van der Waals surface area contributed by atoms with Crippen molar-refractivity contribution in [1.82, 2.24) is 0 Å². The van der Waals surface area contributed by atoms with Crippen LogP contribution in [0.25, 0.3) is 0 Å². The van der Waals surface area contributed by atoms with Gasteiger partial charge < -0.3 is 33.8 Å². The van der Waals surface area contributed by atoms with E-state index < -0.39 is 97.5 Å². The maximum Gasteiger partial charge on any atom is 0.472 e. The summed E-state index contributed by atoms with van der Waals surface area (Å²) in [4.78, 5) is 72.6. The molecule has 0 fully saturated rings. The molecule has 0 amide bonds. The first-order valence-electron chi connectivity index (χ1n) is 37.7. The number of ether oxygens (including phenoxy) is 4. The molecule has 0 aromatic heterocycles. The van der Waals surface area contributed by atoms with E-state index in [9.17, 15) is 43.2 Å². The molecule has 0 aliphatic heterocycles. The molecule has 0 saturated heterocycles. The van der Waals surface area contributed by atoms with Gasteiger partial charge in [-0.25, -0.2) is 9.13 Å². The number of phosphoric ester groups is 2. The highest BCUT2D eigenvalue weighted by Crippen LogP contribution is 2.45. The fourth-order valence-corrected chi connectivity index (χ4v) is 12.6. The molecule has 0 aliphatic carbocycles. The smallest absolute Gasteiger partial charge is 0.462 e. The van der Waals surface area contributed by atoms with Crippen LogP contribution in [0.15, 0.2) is 0 Å². The summed E-state index contributed by atoms with van der Waals surface area (Å²) in [5.74, 6) is 0.850. The minimum absolute atomic E-state index is 0.102. The van der Waals surface area contributed by atoms with E-state index in [1.54, 1.807) is 0 Å². The molecule has 5 atom stereocenters. The number of unbranched alkanes of at least 4 members (excludes halogenated alkanes) is 36. The fraction of sp³-hybridized carbons (Fsp3) is 0.945. The summed E-state index contributed by atoms with van der Waals surface area (Å²) in [6.07, 6.45) is 46.0. The van der Waals surface area contributed by atoms with Gasteiger partial charge in [0.05, 0.1) is 26.4 Å². The molecule has 546 valence electrons. The second-order valence-corrected chi connectivity index (χ2v) is 31.1. The maximum absolute atomic E-state index is 13.1. The van der Waals surface area contributed by atoms with Crippen LogP contribution in [0, 0.1) is 23.7 Å². The minimum atomic E-state index is -4.96. The maximum atomic E-state index is 13.1. The molecule has 0 radical (unpaired) electrons. The molecule has 0 bridgehead atoms. The Bertz CT molecular complexity index is 1820. The van der Waals surface area contributed by atoms with E-state index in [1.165, 1.54) is 161 Å². The van der Waals surface area contributed by atoms with Crippen LogP contribution in [-0.4, -0.2) is 96.7 Å². The van der Waals surface area contributed by atoms with Gasteiger partial charge in [0, 0.05) is 25.7 Å². The zero-order chi connectivity index (χ0) is 68.2. The largest absolute Gasteiger partial charge is 0.472 e. The second-order valence-electron chi connectivity index (χ2n) is 28.2. The summed E-state index contributed by atoms with van der Waals surface area (Å²) < 4.78 is 68.4.